The van der Waals surface area contributed by atoms with Gasteiger partial charge in [0.25, 0.3) is 5.91 Å². The molecule has 1 saturated heterocycles. The molecule has 2 aromatic heterocycles. The van der Waals surface area contributed by atoms with E-state index in [4.69, 9.17) is 9.26 Å². The minimum absolute atomic E-state index is 0.0862. The fourth-order valence-corrected chi connectivity index (χ4v) is 3.96. The van der Waals surface area contributed by atoms with E-state index in [2.05, 4.69) is 10.1 Å². The van der Waals surface area contributed by atoms with E-state index in [1.165, 1.54) is 0 Å². The van der Waals surface area contributed by atoms with Crippen LogP contribution in [-0.4, -0.2) is 57.9 Å². The minimum Gasteiger partial charge on any atom is -0.487 e. The average Bonchev–Trinajstić information content (AvgIpc) is 3.44. The summed E-state index contributed by atoms with van der Waals surface area (Å²) in [5, 5.41) is 6.75. The summed E-state index contributed by atoms with van der Waals surface area (Å²) in [6, 6.07) is 9.20. The van der Waals surface area contributed by atoms with E-state index < -0.39 is 0 Å². The number of piperazine rings is 1. The standard InChI is InChI=1S/C23H24N4O4S/c1-16-12-21(31-25-16)23(29)27-10-8-26(9-11-27)22(28)7-6-18-4-3-5-20(13-18)30-14-19-15-32-17(2)24-19/h3-7,12-13,15H,8-11,14H2,1-2H3/b7-6+. The van der Waals surface area contributed by atoms with Gasteiger partial charge in [0, 0.05) is 43.7 Å². The highest BCUT2D eigenvalue weighted by atomic mass is 32.1. The van der Waals surface area contributed by atoms with Crippen molar-refractivity contribution in [3.05, 3.63) is 69.5 Å². The van der Waals surface area contributed by atoms with Gasteiger partial charge in [-0.15, -0.1) is 11.3 Å². The van der Waals surface area contributed by atoms with Gasteiger partial charge in [-0.25, -0.2) is 4.98 Å². The van der Waals surface area contributed by atoms with Crippen LogP contribution in [0.4, 0.5) is 0 Å². The van der Waals surface area contributed by atoms with Crippen molar-refractivity contribution in [2.45, 2.75) is 20.5 Å². The Hall–Kier alpha value is -3.46. The van der Waals surface area contributed by atoms with E-state index in [1.54, 1.807) is 46.3 Å². The number of aromatic nitrogens is 2. The zero-order valence-corrected chi connectivity index (χ0v) is 18.8. The van der Waals surface area contributed by atoms with Gasteiger partial charge in [-0.1, -0.05) is 17.3 Å². The molecule has 1 aliphatic rings. The van der Waals surface area contributed by atoms with E-state index in [9.17, 15) is 9.59 Å². The Bertz CT molecular complexity index is 1130. The molecule has 3 heterocycles. The molecule has 0 unspecified atom stereocenters. The fourth-order valence-electron chi connectivity index (χ4n) is 3.36. The normalized spacial score (nSPS) is 14.2. The second-order valence-electron chi connectivity index (χ2n) is 7.50. The highest BCUT2D eigenvalue weighted by molar-refractivity contribution is 7.09. The molecule has 0 atom stereocenters. The van der Waals surface area contributed by atoms with Gasteiger partial charge in [-0.2, -0.15) is 0 Å². The van der Waals surface area contributed by atoms with Crippen molar-refractivity contribution in [1.29, 1.82) is 0 Å². The highest BCUT2D eigenvalue weighted by Crippen LogP contribution is 2.17. The number of carbonyl (C=O) groups is 2. The zero-order chi connectivity index (χ0) is 22.5. The molecule has 0 bridgehead atoms. The van der Waals surface area contributed by atoms with Crippen molar-refractivity contribution >= 4 is 29.2 Å². The number of nitrogens with zero attached hydrogens (tertiary/aromatic N) is 4. The lowest BCUT2D eigenvalue weighted by molar-refractivity contribution is -0.127. The summed E-state index contributed by atoms with van der Waals surface area (Å²) >= 11 is 1.60. The van der Waals surface area contributed by atoms with E-state index in [-0.39, 0.29) is 17.6 Å². The van der Waals surface area contributed by atoms with Gasteiger partial charge in [0.05, 0.1) is 16.4 Å². The van der Waals surface area contributed by atoms with Crippen molar-refractivity contribution in [3.63, 3.8) is 0 Å². The van der Waals surface area contributed by atoms with Crippen LogP contribution in [0.25, 0.3) is 6.08 Å². The highest BCUT2D eigenvalue weighted by Gasteiger charge is 2.26. The Morgan fingerprint density at radius 2 is 1.94 bits per heavy atom. The Morgan fingerprint density at radius 3 is 2.62 bits per heavy atom. The maximum Gasteiger partial charge on any atom is 0.292 e. The molecular weight excluding hydrogens is 428 g/mol. The van der Waals surface area contributed by atoms with Gasteiger partial charge in [0.15, 0.2) is 0 Å². The Labute approximate surface area is 190 Å². The van der Waals surface area contributed by atoms with Gasteiger partial charge in [0.2, 0.25) is 11.7 Å². The van der Waals surface area contributed by atoms with E-state index in [0.29, 0.717) is 38.5 Å². The van der Waals surface area contributed by atoms with Crippen molar-refractivity contribution in [2.75, 3.05) is 26.2 Å². The third kappa shape index (κ3) is 5.42. The summed E-state index contributed by atoms with van der Waals surface area (Å²) in [7, 11) is 0. The first-order valence-electron chi connectivity index (χ1n) is 10.3. The molecule has 1 fully saturated rings. The van der Waals surface area contributed by atoms with Crippen molar-refractivity contribution in [3.8, 4) is 5.75 Å². The Kier molecular flexibility index (Phi) is 6.65. The molecule has 8 nitrogen and oxygen atoms in total. The van der Waals surface area contributed by atoms with E-state index in [0.717, 1.165) is 22.0 Å². The van der Waals surface area contributed by atoms with Crippen LogP contribution in [0.1, 0.15) is 32.5 Å². The van der Waals surface area contributed by atoms with Crippen LogP contribution in [-0.2, 0) is 11.4 Å². The molecule has 1 aromatic carbocycles. The first-order chi connectivity index (χ1) is 15.5. The largest absolute Gasteiger partial charge is 0.487 e. The smallest absolute Gasteiger partial charge is 0.292 e. The number of thiazole rings is 1. The molecule has 0 spiro atoms. The predicted molar refractivity (Wildman–Crippen MR) is 120 cm³/mol. The lowest BCUT2D eigenvalue weighted by Crippen LogP contribution is -2.50. The number of benzene rings is 1. The fraction of sp³-hybridized carbons (Fsp3) is 0.304. The molecule has 3 aromatic rings. The predicted octanol–water partition coefficient (Wildman–Crippen LogP) is 3.32. The summed E-state index contributed by atoms with van der Waals surface area (Å²) in [6.45, 7) is 6.00. The number of rotatable bonds is 6. The van der Waals surface area contributed by atoms with Crippen LogP contribution >= 0.6 is 11.3 Å². The monoisotopic (exact) mass is 452 g/mol. The van der Waals surface area contributed by atoms with Crippen LogP contribution in [0.15, 0.2) is 46.3 Å². The van der Waals surface area contributed by atoms with Crippen LogP contribution in [0, 0.1) is 13.8 Å². The average molecular weight is 453 g/mol. The zero-order valence-electron chi connectivity index (χ0n) is 18.0. The third-order valence-corrected chi connectivity index (χ3v) is 5.87. The van der Waals surface area contributed by atoms with Gasteiger partial charge in [0.1, 0.15) is 12.4 Å². The molecular formula is C23H24N4O4S. The second-order valence-corrected chi connectivity index (χ2v) is 8.56. The van der Waals surface area contributed by atoms with E-state index >= 15 is 0 Å². The third-order valence-electron chi connectivity index (χ3n) is 5.05. The number of aryl methyl sites for hydroxylation is 2. The van der Waals surface area contributed by atoms with Gasteiger partial charge in [-0.3, -0.25) is 9.59 Å². The molecule has 0 N–H and O–H groups in total. The summed E-state index contributed by atoms with van der Waals surface area (Å²) in [5.74, 6) is 0.670. The van der Waals surface area contributed by atoms with E-state index in [1.807, 2.05) is 36.6 Å². The quantitative estimate of drug-likeness (QED) is 0.533. The van der Waals surface area contributed by atoms with Gasteiger partial charge in [-0.05, 0) is 37.6 Å². The molecule has 1 aliphatic heterocycles. The Balaban J connectivity index is 1.28. The molecule has 0 radical (unpaired) electrons. The molecule has 4 rings (SSSR count). The summed E-state index contributed by atoms with van der Waals surface area (Å²) in [6.07, 6.45) is 3.33. The van der Waals surface area contributed by atoms with Crippen LogP contribution in [0.2, 0.25) is 0 Å². The first kappa shape index (κ1) is 21.8. The molecule has 0 saturated carbocycles. The summed E-state index contributed by atoms with van der Waals surface area (Å²) in [5.41, 5.74) is 2.44. The SMILES string of the molecule is Cc1cc(C(=O)N2CCN(C(=O)/C=C/c3cccc(OCc4csc(C)n4)c3)CC2)on1. The maximum absolute atomic E-state index is 12.6. The number of amides is 2. The minimum atomic E-state index is -0.196. The lowest BCUT2D eigenvalue weighted by atomic mass is 10.2. The number of hydrogen-bond acceptors (Lipinski definition) is 7. The second kappa shape index (κ2) is 9.78. The maximum atomic E-state index is 12.6. The lowest BCUT2D eigenvalue weighted by Gasteiger charge is -2.33. The number of ether oxygens (including phenoxy) is 1. The molecule has 166 valence electrons. The van der Waals surface area contributed by atoms with Crippen molar-refractivity contribution in [2.24, 2.45) is 0 Å². The molecule has 32 heavy (non-hydrogen) atoms. The van der Waals surface area contributed by atoms with Gasteiger partial charge < -0.3 is 19.1 Å². The first-order valence-corrected chi connectivity index (χ1v) is 11.2. The Morgan fingerprint density at radius 1 is 1.16 bits per heavy atom. The van der Waals surface area contributed by atoms with Crippen LogP contribution < -0.4 is 4.74 Å². The number of carbonyl (C=O) groups excluding carboxylic acids is 2. The van der Waals surface area contributed by atoms with Crippen molar-refractivity contribution in [1.82, 2.24) is 19.9 Å². The summed E-state index contributed by atoms with van der Waals surface area (Å²) in [4.78, 5) is 32.8. The number of hydrogen-bond donors (Lipinski definition) is 0. The van der Waals surface area contributed by atoms with Crippen molar-refractivity contribution < 1.29 is 18.8 Å². The van der Waals surface area contributed by atoms with Gasteiger partial charge >= 0.3 is 0 Å². The topological polar surface area (TPSA) is 88.8 Å². The summed E-state index contributed by atoms with van der Waals surface area (Å²) < 4.78 is 10.9. The molecule has 2 amide bonds. The molecule has 9 heteroatoms. The molecule has 0 aliphatic carbocycles. The van der Waals surface area contributed by atoms with Crippen LogP contribution in [0.5, 0.6) is 5.75 Å². The van der Waals surface area contributed by atoms with Crippen LogP contribution in [0.3, 0.4) is 0 Å².